The van der Waals surface area contributed by atoms with Gasteiger partial charge in [0.05, 0.1) is 6.61 Å². The summed E-state index contributed by atoms with van der Waals surface area (Å²) in [6.07, 6.45) is 1.65. The first-order valence-corrected chi connectivity index (χ1v) is 6.84. The Hall–Kier alpha value is -1.30. The normalized spacial score (nSPS) is 18.9. The number of carbonyl (C=O) groups excluding carboxylic acids is 1. The second-order valence-corrected chi connectivity index (χ2v) is 5.33. The van der Waals surface area contributed by atoms with Gasteiger partial charge < -0.3 is 20.0 Å². The Bertz CT molecular complexity index is 320. The Morgan fingerprint density at radius 3 is 2.63 bits per heavy atom. The zero-order chi connectivity index (χ0) is 14.4. The number of carboxylic acid groups (broad SMARTS) is 1. The lowest BCUT2D eigenvalue weighted by molar-refractivity contribution is -0.137. The number of urea groups is 1. The van der Waals surface area contributed by atoms with E-state index in [9.17, 15) is 9.59 Å². The standard InChI is InChI=1S/C13H24N2O4/c1-10(2)15(7-8-16)13(19)14-6-5-11(9-14)3-4-12(17)18/h10-11,16H,3-9H2,1-2H3,(H,17,18). The van der Waals surface area contributed by atoms with Gasteiger partial charge in [0.15, 0.2) is 0 Å². The minimum absolute atomic E-state index is 0.0415. The van der Waals surface area contributed by atoms with Crippen LogP contribution < -0.4 is 0 Å². The highest BCUT2D eigenvalue weighted by molar-refractivity contribution is 5.75. The van der Waals surface area contributed by atoms with Crippen molar-refractivity contribution in [3.63, 3.8) is 0 Å². The molecule has 1 atom stereocenters. The van der Waals surface area contributed by atoms with Crippen LogP contribution in [0.4, 0.5) is 4.79 Å². The fourth-order valence-electron chi connectivity index (χ4n) is 2.43. The summed E-state index contributed by atoms with van der Waals surface area (Å²) < 4.78 is 0. The summed E-state index contributed by atoms with van der Waals surface area (Å²) in [5, 5.41) is 17.7. The van der Waals surface area contributed by atoms with E-state index < -0.39 is 5.97 Å². The Balaban J connectivity index is 2.48. The number of aliphatic hydroxyl groups is 1. The minimum Gasteiger partial charge on any atom is -0.481 e. The van der Waals surface area contributed by atoms with E-state index in [0.717, 1.165) is 6.42 Å². The van der Waals surface area contributed by atoms with Crippen LogP contribution in [0.15, 0.2) is 0 Å². The van der Waals surface area contributed by atoms with Gasteiger partial charge in [-0.15, -0.1) is 0 Å². The molecule has 0 aliphatic carbocycles. The molecule has 0 saturated carbocycles. The van der Waals surface area contributed by atoms with Crippen LogP contribution in [-0.4, -0.2) is 64.3 Å². The third kappa shape index (κ3) is 4.70. The molecule has 1 saturated heterocycles. The van der Waals surface area contributed by atoms with E-state index in [4.69, 9.17) is 10.2 Å². The maximum absolute atomic E-state index is 12.3. The molecule has 6 nitrogen and oxygen atoms in total. The molecule has 1 heterocycles. The molecule has 0 aromatic carbocycles. The summed E-state index contributed by atoms with van der Waals surface area (Å²) in [6, 6.07) is -0.000375. The van der Waals surface area contributed by atoms with Crippen molar-refractivity contribution in [3.05, 3.63) is 0 Å². The van der Waals surface area contributed by atoms with Gasteiger partial charge in [0.1, 0.15) is 0 Å². The summed E-state index contributed by atoms with van der Waals surface area (Å²) in [7, 11) is 0. The van der Waals surface area contributed by atoms with Gasteiger partial charge in [0.25, 0.3) is 0 Å². The van der Waals surface area contributed by atoms with E-state index in [0.29, 0.717) is 26.1 Å². The molecule has 110 valence electrons. The number of carbonyl (C=O) groups is 2. The van der Waals surface area contributed by atoms with E-state index in [-0.39, 0.29) is 31.0 Å². The van der Waals surface area contributed by atoms with Gasteiger partial charge in [-0.3, -0.25) is 4.79 Å². The second-order valence-electron chi connectivity index (χ2n) is 5.33. The largest absolute Gasteiger partial charge is 0.481 e. The van der Waals surface area contributed by atoms with Crippen LogP contribution in [0.2, 0.25) is 0 Å². The van der Waals surface area contributed by atoms with Crippen molar-refractivity contribution in [2.75, 3.05) is 26.2 Å². The molecule has 1 aliphatic rings. The van der Waals surface area contributed by atoms with Crippen molar-refractivity contribution in [1.82, 2.24) is 9.80 Å². The number of aliphatic carboxylic acids is 1. The van der Waals surface area contributed by atoms with Crippen LogP contribution in [-0.2, 0) is 4.79 Å². The number of hydrogen-bond acceptors (Lipinski definition) is 3. The number of rotatable bonds is 6. The molecule has 1 aliphatic heterocycles. The lowest BCUT2D eigenvalue weighted by atomic mass is 10.0. The van der Waals surface area contributed by atoms with Gasteiger partial charge in [0.2, 0.25) is 0 Å². The first-order chi connectivity index (χ1) is 8.95. The van der Waals surface area contributed by atoms with Crippen LogP contribution in [0, 0.1) is 5.92 Å². The third-order valence-corrected chi connectivity index (χ3v) is 3.53. The summed E-state index contributed by atoms with van der Waals surface area (Å²) >= 11 is 0. The predicted molar refractivity (Wildman–Crippen MR) is 70.9 cm³/mol. The molecule has 2 N–H and O–H groups in total. The van der Waals surface area contributed by atoms with Gasteiger partial charge in [0, 0.05) is 32.1 Å². The zero-order valence-corrected chi connectivity index (χ0v) is 11.7. The van der Waals surface area contributed by atoms with E-state index in [1.165, 1.54) is 0 Å². The Morgan fingerprint density at radius 2 is 2.11 bits per heavy atom. The number of amides is 2. The lowest BCUT2D eigenvalue weighted by Crippen LogP contribution is -2.46. The van der Waals surface area contributed by atoms with Gasteiger partial charge >= 0.3 is 12.0 Å². The molecule has 6 heteroatoms. The number of likely N-dealkylation sites (tertiary alicyclic amines) is 1. The first kappa shape index (κ1) is 15.8. The van der Waals surface area contributed by atoms with Crippen molar-refractivity contribution in [3.8, 4) is 0 Å². The average Bonchev–Trinajstić information content (AvgIpc) is 2.81. The lowest BCUT2D eigenvalue weighted by Gasteiger charge is -2.30. The summed E-state index contributed by atoms with van der Waals surface area (Å²) in [5.74, 6) is -0.503. The summed E-state index contributed by atoms with van der Waals surface area (Å²) in [4.78, 5) is 26.2. The van der Waals surface area contributed by atoms with Crippen molar-refractivity contribution in [2.45, 2.75) is 39.2 Å². The smallest absolute Gasteiger partial charge is 0.320 e. The highest BCUT2D eigenvalue weighted by atomic mass is 16.4. The summed E-state index contributed by atoms with van der Waals surface area (Å²) in [6.45, 7) is 5.45. The fraction of sp³-hybridized carbons (Fsp3) is 0.846. The quantitative estimate of drug-likeness (QED) is 0.755. The van der Waals surface area contributed by atoms with Crippen LogP contribution in [0.5, 0.6) is 0 Å². The van der Waals surface area contributed by atoms with Crippen molar-refractivity contribution in [1.29, 1.82) is 0 Å². The van der Waals surface area contributed by atoms with E-state index in [2.05, 4.69) is 0 Å². The Labute approximate surface area is 114 Å². The molecule has 0 radical (unpaired) electrons. The van der Waals surface area contributed by atoms with Crippen LogP contribution in [0.1, 0.15) is 33.1 Å². The molecule has 1 fully saturated rings. The highest BCUT2D eigenvalue weighted by Gasteiger charge is 2.30. The number of carboxylic acids is 1. The summed E-state index contributed by atoms with van der Waals surface area (Å²) in [5.41, 5.74) is 0. The predicted octanol–water partition coefficient (Wildman–Crippen LogP) is 0.996. The van der Waals surface area contributed by atoms with Crippen molar-refractivity contribution >= 4 is 12.0 Å². The number of hydrogen-bond donors (Lipinski definition) is 2. The number of nitrogens with zero attached hydrogens (tertiary/aromatic N) is 2. The van der Waals surface area contributed by atoms with Gasteiger partial charge in [-0.1, -0.05) is 0 Å². The molecule has 0 bridgehead atoms. The first-order valence-electron chi connectivity index (χ1n) is 6.84. The molecule has 2 amide bonds. The Kier molecular flexibility index (Phi) is 6.08. The second kappa shape index (κ2) is 7.33. The molecule has 19 heavy (non-hydrogen) atoms. The molecule has 0 aromatic rings. The van der Waals surface area contributed by atoms with Crippen LogP contribution >= 0.6 is 0 Å². The monoisotopic (exact) mass is 272 g/mol. The van der Waals surface area contributed by atoms with Gasteiger partial charge in [-0.2, -0.15) is 0 Å². The number of aliphatic hydroxyl groups excluding tert-OH is 1. The zero-order valence-electron chi connectivity index (χ0n) is 11.7. The third-order valence-electron chi connectivity index (χ3n) is 3.53. The average molecular weight is 272 g/mol. The molecule has 0 spiro atoms. The molecule has 0 aromatic heterocycles. The van der Waals surface area contributed by atoms with Crippen LogP contribution in [0.25, 0.3) is 0 Å². The van der Waals surface area contributed by atoms with E-state index >= 15 is 0 Å². The van der Waals surface area contributed by atoms with Gasteiger partial charge in [-0.05, 0) is 32.6 Å². The fourth-order valence-corrected chi connectivity index (χ4v) is 2.43. The molecule has 1 rings (SSSR count). The molecular formula is C13H24N2O4. The topological polar surface area (TPSA) is 81.1 Å². The van der Waals surface area contributed by atoms with Crippen molar-refractivity contribution < 1.29 is 19.8 Å². The van der Waals surface area contributed by atoms with E-state index in [1.54, 1.807) is 9.80 Å². The maximum Gasteiger partial charge on any atom is 0.320 e. The SMILES string of the molecule is CC(C)N(CCO)C(=O)N1CCC(CCC(=O)O)C1. The minimum atomic E-state index is -0.783. The van der Waals surface area contributed by atoms with Crippen molar-refractivity contribution in [2.24, 2.45) is 5.92 Å². The molecular weight excluding hydrogens is 248 g/mol. The Morgan fingerprint density at radius 1 is 1.42 bits per heavy atom. The molecule has 1 unspecified atom stereocenters. The van der Waals surface area contributed by atoms with Gasteiger partial charge in [-0.25, -0.2) is 4.79 Å². The van der Waals surface area contributed by atoms with Crippen LogP contribution in [0.3, 0.4) is 0 Å². The van der Waals surface area contributed by atoms with E-state index in [1.807, 2.05) is 13.8 Å². The highest BCUT2D eigenvalue weighted by Crippen LogP contribution is 2.22. The maximum atomic E-state index is 12.3.